The van der Waals surface area contributed by atoms with Crippen LogP contribution in [-0.2, 0) is 25.9 Å². The normalized spacial score (nSPS) is 16.5. The summed E-state index contributed by atoms with van der Waals surface area (Å²) in [6.45, 7) is 3.46. The lowest BCUT2D eigenvalue weighted by atomic mass is 10.0. The molecule has 6 heteroatoms. The summed E-state index contributed by atoms with van der Waals surface area (Å²) >= 11 is 0. The third-order valence-electron chi connectivity index (χ3n) is 3.20. The molecule has 1 aromatic carbocycles. The van der Waals surface area contributed by atoms with Crippen molar-refractivity contribution < 1.29 is 17.9 Å². The highest BCUT2D eigenvalue weighted by Gasteiger charge is 2.29. The summed E-state index contributed by atoms with van der Waals surface area (Å²) in [6.07, 6.45) is 4.32. The van der Waals surface area contributed by atoms with Gasteiger partial charge >= 0.3 is 0 Å². The van der Waals surface area contributed by atoms with Crippen LogP contribution >= 0.6 is 0 Å². The van der Waals surface area contributed by atoms with Crippen molar-refractivity contribution in [2.75, 3.05) is 10.5 Å². The summed E-state index contributed by atoms with van der Waals surface area (Å²) in [6, 6.07) is 7.36. The zero-order valence-corrected chi connectivity index (χ0v) is 12.4. The van der Waals surface area contributed by atoms with E-state index in [4.69, 9.17) is 9.47 Å². The molecule has 0 saturated heterocycles. The van der Waals surface area contributed by atoms with Gasteiger partial charge < -0.3 is 9.47 Å². The lowest BCUT2D eigenvalue weighted by Crippen LogP contribution is -2.26. The van der Waals surface area contributed by atoms with E-state index in [-0.39, 0.29) is 5.75 Å². The number of rotatable bonds is 6. The Morgan fingerprint density at radius 1 is 1.20 bits per heavy atom. The number of aryl methyl sites for hydroxylation is 1. The van der Waals surface area contributed by atoms with Crippen LogP contribution in [0.4, 0.5) is 5.69 Å². The van der Waals surface area contributed by atoms with Crippen molar-refractivity contribution in [2.24, 2.45) is 0 Å². The first-order valence-corrected chi connectivity index (χ1v) is 8.18. The first kappa shape index (κ1) is 14.7. The van der Waals surface area contributed by atoms with E-state index in [1.54, 1.807) is 13.0 Å². The SMILES string of the molecule is CCS(=O)(=O)Nc1ccccc1CCC1(C)OC=CO1. The molecule has 0 spiro atoms. The molecule has 0 fully saturated rings. The summed E-state index contributed by atoms with van der Waals surface area (Å²) in [5.41, 5.74) is 1.54. The van der Waals surface area contributed by atoms with E-state index < -0.39 is 15.8 Å². The van der Waals surface area contributed by atoms with E-state index in [0.29, 0.717) is 18.5 Å². The lowest BCUT2D eigenvalue weighted by Gasteiger charge is -2.23. The van der Waals surface area contributed by atoms with Crippen LogP contribution in [0.15, 0.2) is 36.8 Å². The predicted molar refractivity (Wildman–Crippen MR) is 77.6 cm³/mol. The molecule has 0 aliphatic carbocycles. The Morgan fingerprint density at radius 3 is 2.50 bits per heavy atom. The van der Waals surface area contributed by atoms with Crippen molar-refractivity contribution >= 4 is 15.7 Å². The van der Waals surface area contributed by atoms with Gasteiger partial charge in [-0.2, -0.15) is 0 Å². The molecule has 0 aromatic heterocycles. The molecule has 1 N–H and O–H groups in total. The molecule has 1 aromatic rings. The zero-order chi connectivity index (χ0) is 14.6. The highest BCUT2D eigenvalue weighted by Crippen LogP contribution is 2.27. The van der Waals surface area contributed by atoms with Gasteiger partial charge in [-0.25, -0.2) is 8.42 Å². The molecule has 0 saturated carbocycles. The van der Waals surface area contributed by atoms with Crippen LogP contribution in [0.2, 0.25) is 0 Å². The highest BCUT2D eigenvalue weighted by molar-refractivity contribution is 7.92. The maximum absolute atomic E-state index is 11.7. The summed E-state index contributed by atoms with van der Waals surface area (Å²) in [5, 5.41) is 0. The van der Waals surface area contributed by atoms with Crippen LogP contribution < -0.4 is 4.72 Å². The topological polar surface area (TPSA) is 64.6 Å². The Hall–Kier alpha value is -1.69. The summed E-state index contributed by atoms with van der Waals surface area (Å²) in [7, 11) is -3.27. The Labute approximate surface area is 119 Å². The molecule has 2 rings (SSSR count). The van der Waals surface area contributed by atoms with Crippen molar-refractivity contribution in [3.8, 4) is 0 Å². The molecule has 1 heterocycles. The minimum atomic E-state index is -3.27. The average molecular weight is 297 g/mol. The third kappa shape index (κ3) is 3.66. The van der Waals surface area contributed by atoms with Gasteiger partial charge in [-0.1, -0.05) is 18.2 Å². The molecule has 0 atom stereocenters. The van der Waals surface area contributed by atoms with Gasteiger partial charge in [-0.05, 0) is 25.0 Å². The molecular weight excluding hydrogens is 278 g/mol. The van der Waals surface area contributed by atoms with Crippen LogP contribution in [0.25, 0.3) is 0 Å². The number of benzene rings is 1. The summed E-state index contributed by atoms with van der Waals surface area (Å²) < 4.78 is 36.7. The molecule has 0 amide bonds. The van der Waals surface area contributed by atoms with Crippen LogP contribution in [0.5, 0.6) is 0 Å². The number of ether oxygens (including phenoxy) is 2. The summed E-state index contributed by atoms with van der Waals surface area (Å²) in [4.78, 5) is 0. The fraction of sp³-hybridized carbons (Fsp3) is 0.429. The van der Waals surface area contributed by atoms with Gasteiger partial charge in [-0.3, -0.25) is 4.72 Å². The van der Waals surface area contributed by atoms with Crippen molar-refractivity contribution in [3.63, 3.8) is 0 Å². The molecular formula is C14H19NO4S. The number of hydrogen-bond acceptors (Lipinski definition) is 4. The molecule has 20 heavy (non-hydrogen) atoms. The van der Waals surface area contributed by atoms with E-state index in [0.717, 1.165) is 5.56 Å². The number of nitrogens with one attached hydrogen (secondary N) is 1. The van der Waals surface area contributed by atoms with Crippen molar-refractivity contribution in [2.45, 2.75) is 32.5 Å². The van der Waals surface area contributed by atoms with Crippen LogP contribution in [-0.4, -0.2) is 20.0 Å². The smallest absolute Gasteiger partial charge is 0.247 e. The van der Waals surface area contributed by atoms with Gasteiger partial charge in [0.25, 0.3) is 0 Å². The van der Waals surface area contributed by atoms with Crippen molar-refractivity contribution in [1.29, 1.82) is 0 Å². The molecule has 0 bridgehead atoms. The van der Waals surface area contributed by atoms with Gasteiger partial charge in [0.05, 0.1) is 11.4 Å². The van der Waals surface area contributed by atoms with Gasteiger partial charge in [-0.15, -0.1) is 0 Å². The third-order valence-corrected chi connectivity index (χ3v) is 4.49. The first-order chi connectivity index (χ1) is 9.44. The molecule has 1 aliphatic heterocycles. The van der Waals surface area contributed by atoms with Crippen LogP contribution in [0.1, 0.15) is 25.8 Å². The number of hydrogen-bond donors (Lipinski definition) is 1. The predicted octanol–water partition coefficient (Wildman–Crippen LogP) is 2.62. The Morgan fingerprint density at radius 2 is 1.85 bits per heavy atom. The van der Waals surface area contributed by atoms with Crippen LogP contribution in [0, 0.1) is 0 Å². The van der Waals surface area contributed by atoms with Gasteiger partial charge in [0, 0.05) is 13.3 Å². The second-order valence-electron chi connectivity index (χ2n) is 4.80. The van der Waals surface area contributed by atoms with E-state index in [1.165, 1.54) is 12.5 Å². The largest absolute Gasteiger partial charge is 0.457 e. The Balaban J connectivity index is 2.08. The van der Waals surface area contributed by atoms with Gasteiger partial charge in [0.1, 0.15) is 12.5 Å². The van der Waals surface area contributed by atoms with Gasteiger partial charge in [0.2, 0.25) is 15.8 Å². The monoisotopic (exact) mass is 297 g/mol. The Kier molecular flexibility index (Phi) is 4.23. The minimum absolute atomic E-state index is 0.0508. The lowest BCUT2D eigenvalue weighted by molar-refractivity contribution is -0.130. The zero-order valence-electron chi connectivity index (χ0n) is 11.6. The fourth-order valence-electron chi connectivity index (χ4n) is 1.93. The minimum Gasteiger partial charge on any atom is -0.457 e. The molecule has 5 nitrogen and oxygen atoms in total. The summed E-state index contributed by atoms with van der Waals surface area (Å²) in [5.74, 6) is -0.619. The molecule has 1 aliphatic rings. The number of sulfonamides is 1. The second kappa shape index (κ2) is 5.75. The molecule has 0 unspecified atom stereocenters. The number of anilines is 1. The second-order valence-corrected chi connectivity index (χ2v) is 6.82. The maximum atomic E-state index is 11.7. The first-order valence-electron chi connectivity index (χ1n) is 6.53. The fourth-order valence-corrected chi connectivity index (χ4v) is 2.61. The average Bonchev–Trinajstić information content (AvgIpc) is 2.85. The van der Waals surface area contributed by atoms with E-state index in [9.17, 15) is 8.42 Å². The quantitative estimate of drug-likeness (QED) is 0.876. The molecule has 0 radical (unpaired) electrons. The van der Waals surface area contributed by atoms with Gasteiger partial charge in [0.15, 0.2) is 0 Å². The number of para-hydroxylation sites is 1. The Bertz CT molecular complexity index is 587. The molecule has 110 valence electrons. The van der Waals surface area contributed by atoms with Crippen molar-refractivity contribution in [3.05, 3.63) is 42.4 Å². The maximum Gasteiger partial charge on any atom is 0.247 e. The van der Waals surface area contributed by atoms with E-state index in [2.05, 4.69) is 4.72 Å². The van der Waals surface area contributed by atoms with E-state index in [1.807, 2.05) is 25.1 Å². The standard InChI is InChI=1S/C14H19NO4S/c1-3-20(16,17)15-13-7-5-4-6-12(13)8-9-14(2)18-10-11-19-14/h4-7,10-11,15H,3,8-9H2,1-2H3. The van der Waals surface area contributed by atoms with Crippen LogP contribution in [0.3, 0.4) is 0 Å². The van der Waals surface area contributed by atoms with E-state index >= 15 is 0 Å². The van der Waals surface area contributed by atoms with Crippen molar-refractivity contribution in [1.82, 2.24) is 0 Å². The highest BCUT2D eigenvalue weighted by atomic mass is 32.2.